The van der Waals surface area contributed by atoms with Crippen LogP contribution in [0.3, 0.4) is 0 Å². The monoisotopic (exact) mass is 258 g/mol. The van der Waals surface area contributed by atoms with Crippen molar-refractivity contribution in [2.45, 2.75) is 5.03 Å². The number of benzene rings is 1. The first-order chi connectivity index (χ1) is 8.77. The third-order valence-electron chi connectivity index (χ3n) is 2.20. The molecular weight excluding hydrogens is 248 g/mol. The second-order valence-electron chi connectivity index (χ2n) is 3.41. The molecule has 0 radical (unpaired) electrons. The van der Waals surface area contributed by atoms with Gasteiger partial charge in [-0.1, -0.05) is 36.0 Å². The average molecular weight is 258 g/mol. The van der Waals surface area contributed by atoms with Gasteiger partial charge in [0.25, 0.3) is 5.70 Å². The molecule has 4 nitrogen and oxygen atoms in total. The van der Waals surface area contributed by atoms with E-state index >= 15 is 0 Å². The second-order valence-corrected chi connectivity index (χ2v) is 4.30. The molecule has 0 spiro atoms. The quantitative estimate of drug-likeness (QED) is 0.479. The van der Waals surface area contributed by atoms with Crippen LogP contribution in [0.25, 0.3) is 5.70 Å². The summed E-state index contributed by atoms with van der Waals surface area (Å²) in [5, 5.41) is 13.3. The van der Waals surface area contributed by atoms with Gasteiger partial charge in [-0.2, -0.15) is 0 Å². The van der Waals surface area contributed by atoms with Crippen LogP contribution in [0.1, 0.15) is 5.56 Å². The minimum atomic E-state index is -0.384. The summed E-state index contributed by atoms with van der Waals surface area (Å²) in [6.45, 7) is 0. The van der Waals surface area contributed by atoms with E-state index in [1.165, 1.54) is 17.2 Å². The zero-order valence-corrected chi connectivity index (χ0v) is 10.2. The Morgan fingerprint density at radius 3 is 2.50 bits per heavy atom. The van der Waals surface area contributed by atoms with E-state index in [1.54, 1.807) is 36.5 Å². The van der Waals surface area contributed by atoms with Gasteiger partial charge in [-0.15, -0.1) is 0 Å². The lowest BCUT2D eigenvalue weighted by Gasteiger charge is -1.98. The molecule has 0 amide bonds. The van der Waals surface area contributed by atoms with E-state index in [0.29, 0.717) is 5.56 Å². The summed E-state index contributed by atoms with van der Waals surface area (Å²) in [7, 11) is 0. The Morgan fingerprint density at radius 1 is 1.17 bits per heavy atom. The lowest BCUT2D eigenvalue weighted by molar-refractivity contribution is -0.375. The lowest BCUT2D eigenvalue weighted by Crippen LogP contribution is -1.96. The number of hydrogen-bond donors (Lipinski definition) is 0. The van der Waals surface area contributed by atoms with Crippen molar-refractivity contribution in [2.24, 2.45) is 0 Å². The standard InChI is InChI=1S/C13H10N2O2S/c16-15(17)12(11-6-2-1-3-7-11)10-18-13-8-4-5-9-14-13/h1-10H/b12-10-. The first-order valence-electron chi connectivity index (χ1n) is 5.25. The van der Waals surface area contributed by atoms with Crippen LogP contribution < -0.4 is 0 Å². The van der Waals surface area contributed by atoms with Crippen LogP contribution in [0, 0.1) is 10.1 Å². The Hall–Kier alpha value is -2.14. The number of nitrogens with zero attached hydrogens (tertiary/aromatic N) is 2. The molecule has 0 N–H and O–H groups in total. The first kappa shape index (κ1) is 12.3. The van der Waals surface area contributed by atoms with E-state index in [0.717, 1.165) is 5.03 Å². The molecule has 0 bridgehead atoms. The topological polar surface area (TPSA) is 56.0 Å². The molecule has 0 aliphatic carbocycles. The van der Waals surface area contributed by atoms with Gasteiger partial charge in [-0.05, 0) is 24.3 Å². The van der Waals surface area contributed by atoms with E-state index in [1.807, 2.05) is 18.2 Å². The molecule has 0 atom stereocenters. The molecule has 1 aromatic heterocycles. The summed E-state index contributed by atoms with van der Waals surface area (Å²) in [6, 6.07) is 14.3. The number of rotatable bonds is 4. The Morgan fingerprint density at radius 2 is 1.89 bits per heavy atom. The molecule has 0 aliphatic rings. The fourth-order valence-electron chi connectivity index (χ4n) is 1.36. The predicted molar refractivity (Wildman–Crippen MR) is 71.5 cm³/mol. The number of aromatic nitrogens is 1. The molecule has 0 aliphatic heterocycles. The molecule has 5 heteroatoms. The van der Waals surface area contributed by atoms with Crippen LogP contribution >= 0.6 is 11.8 Å². The van der Waals surface area contributed by atoms with Gasteiger partial charge >= 0.3 is 0 Å². The highest BCUT2D eigenvalue weighted by Gasteiger charge is 2.13. The van der Waals surface area contributed by atoms with Crippen molar-refractivity contribution in [1.82, 2.24) is 4.98 Å². The molecule has 1 heterocycles. The lowest BCUT2D eigenvalue weighted by atomic mass is 10.2. The second kappa shape index (κ2) is 5.97. The van der Waals surface area contributed by atoms with Crippen LogP contribution in [0.4, 0.5) is 0 Å². The smallest absolute Gasteiger partial charge is 0.258 e. The van der Waals surface area contributed by atoms with Crippen LogP contribution in [0.2, 0.25) is 0 Å². The molecule has 1 aromatic carbocycles. The third kappa shape index (κ3) is 3.18. The molecule has 0 unspecified atom stereocenters. The normalized spacial score (nSPS) is 11.2. The van der Waals surface area contributed by atoms with Gasteiger partial charge in [0.2, 0.25) is 0 Å². The maximum atomic E-state index is 11.0. The largest absolute Gasteiger partial charge is 0.283 e. The maximum absolute atomic E-state index is 11.0. The highest BCUT2D eigenvalue weighted by atomic mass is 32.2. The SMILES string of the molecule is O=[N+]([O-])/C(=C\Sc1ccccn1)c1ccccc1. The maximum Gasteiger partial charge on any atom is 0.283 e. The van der Waals surface area contributed by atoms with Crippen LogP contribution in [-0.2, 0) is 0 Å². The fraction of sp³-hybridized carbons (Fsp3) is 0. The summed E-state index contributed by atoms with van der Waals surface area (Å²) < 4.78 is 0. The summed E-state index contributed by atoms with van der Waals surface area (Å²) >= 11 is 1.24. The Kier molecular flexibility index (Phi) is 4.09. The molecule has 0 saturated heterocycles. The summed E-state index contributed by atoms with van der Waals surface area (Å²) in [5.74, 6) is 0. The highest BCUT2D eigenvalue weighted by Crippen LogP contribution is 2.23. The van der Waals surface area contributed by atoms with Crippen molar-refractivity contribution < 1.29 is 4.92 Å². The third-order valence-corrected chi connectivity index (χ3v) is 3.02. The average Bonchev–Trinajstić information content (AvgIpc) is 2.41. The van der Waals surface area contributed by atoms with Crippen molar-refractivity contribution in [3.8, 4) is 0 Å². The molecule has 0 fully saturated rings. The summed E-state index contributed by atoms with van der Waals surface area (Å²) in [6.07, 6.45) is 1.66. The molecule has 2 aromatic rings. The van der Waals surface area contributed by atoms with E-state index < -0.39 is 0 Å². The minimum Gasteiger partial charge on any atom is -0.258 e. The highest BCUT2D eigenvalue weighted by molar-refractivity contribution is 8.02. The van der Waals surface area contributed by atoms with Crippen LogP contribution in [0.15, 0.2) is 65.2 Å². The molecular formula is C13H10N2O2S. The van der Waals surface area contributed by atoms with Crippen molar-refractivity contribution in [1.29, 1.82) is 0 Å². The molecule has 2 rings (SSSR count). The molecule has 0 saturated carbocycles. The van der Waals surface area contributed by atoms with Crippen molar-refractivity contribution in [3.63, 3.8) is 0 Å². The molecule has 18 heavy (non-hydrogen) atoms. The van der Waals surface area contributed by atoms with Gasteiger partial charge in [0, 0.05) is 6.20 Å². The van der Waals surface area contributed by atoms with Gasteiger partial charge in [0.15, 0.2) is 0 Å². The molecule has 90 valence electrons. The van der Waals surface area contributed by atoms with Gasteiger partial charge in [-0.25, -0.2) is 4.98 Å². The van der Waals surface area contributed by atoms with E-state index in [-0.39, 0.29) is 10.6 Å². The number of nitro groups is 1. The van der Waals surface area contributed by atoms with Gasteiger partial charge < -0.3 is 0 Å². The van der Waals surface area contributed by atoms with E-state index in [9.17, 15) is 10.1 Å². The Labute approximate surface area is 109 Å². The van der Waals surface area contributed by atoms with Gasteiger partial charge in [-0.3, -0.25) is 10.1 Å². The van der Waals surface area contributed by atoms with Crippen molar-refractivity contribution in [3.05, 3.63) is 75.8 Å². The summed E-state index contributed by atoms with van der Waals surface area (Å²) in [4.78, 5) is 14.7. The zero-order chi connectivity index (χ0) is 12.8. The van der Waals surface area contributed by atoms with Gasteiger partial charge in [0.1, 0.15) is 5.03 Å². The van der Waals surface area contributed by atoms with Gasteiger partial charge in [0.05, 0.1) is 15.9 Å². The zero-order valence-electron chi connectivity index (χ0n) is 9.39. The fourth-order valence-corrected chi connectivity index (χ4v) is 2.09. The minimum absolute atomic E-state index is 0.0752. The first-order valence-corrected chi connectivity index (χ1v) is 6.13. The van der Waals surface area contributed by atoms with E-state index in [4.69, 9.17) is 0 Å². The predicted octanol–water partition coefficient (Wildman–Crippen LogP) is 3.45. The van der Waals surface area contributed by atoms with Crippen molar-refractivity contribution in [2.75, 3.05) is 0 Å². The number of hydrogen-bond acceptors (Lipinski definition) is 4. The van der Waals surface area contributed by atoms with E-state index in [2.05, 4.69) is 4.98 Å². The Bertz CT molecular complexity index is 556. The summed E-state index contributed by atoms with van der Waals surface area (Å²) in [5.41, 5.74) is 0.664. The Balaban J connectivity index is 2.24. The van der Waals surface area contributed by atoms with Crippen LogP contribution in [0.5, 0.6) is 0 Å². The van der Waals surface area contributed by atoms with Crippen LogP contribution in [-0.4, -0.2) is 9.91 Å². The number of thioether (sulfide) groups is 1. The van der Waals surface area contributed by atoms with Crippen molar-refractivity contribution >= 4 is 17.5 Å². The number of pyridine rings is 1.